The third-order valence-corrected chi connectivity index (χ3v) is 3.08. The average Bonchev–Trinajstić information content (AvgIpc) is 2.34. The van der Waals surface area contributed by atoms with Gasteiger partial charge in [-0.3, -0.25) is 0 Å². The molecule has 0 aliphatic heterocycles. The number of benzene rings is 2. The highest BCUT2D eigenvalue weighted by atomic mass is 35.5. The van der Waals surface area contributed by atoms with Crippen molar-refractivity contribution in [2.24, 2.45) is 0 Å². The Morgan fingerprint density at radius 1 is 1.06 bits per heavy atom. The number of hydrogen-bond acceptors (Lipinski definition) is 2. The van der Waals surface area contributed by atoms with Gasteiger partial charge in [0.2, 0.25) is 0 Å². The van der Waals surface area contributed by atoms with E-state index in [1.807, 2.05) is 44.4 Å². The van der Waals surface area contributed by atoms with Crippen LogP contribution in [0.2, 0.25) is 5.02 Å². The summed E-state index contributed by atoms with van der Waals surface area (Å²) in [5.41, 5.74) is 4.44. The molecule has 0 radical (unpaired) electrons. The van der Waals surface area contributed by atoms with E-state index in [1.165, 1.54) is 11.3 Å². The Morgan fingerprint density at radius 2 is 1.83 bits per heavy atom. The summed E-state index contributed by atoms with van der Waals surface area (Å²) in [6.07, 6.45) is 0. The standard InChI is InChI=1S/C15H17ClN2/c1-11-7-8-12(16)9-15(11)17-13-5-4-6-14(10-13)18(2)3/h4-10,17H,1-3H3. The lowest BCUT2D eigenvalue weighted by atomic mass is 10.2. The van der Waals surface area contributed by atoms with Gasteiger partial charge in [0, 0.05) is 36.2 Å². The van der Waals surface area contributed by atoms with Crippen LogP contribution in [0.1, 0.15) is 5.56 Å². The molecule has 0 amide bonds. The van der Waals surface area contributed by atoms with Gasteiger partial charge in [-0.05, 0) is 42.8 Å². The van der Waals surface area contributed by atoms with Crippen LogP contribution in [0.15, 0.2) is 42.5 Å². The van der Waals surface area contributed by atoms with Gasteiger partial charge in [-0.1, -0.05) is 23.7 Å². The monoisotopic (exact) mass is 260 g/mol. The van der Waals surface area contributed by atoms with Gasteiger partial charge in [0.05, 0.1) is 0 Å². The molecule has 1 N–H and O–H groups in total. The van der Waals surface area contributed by atoms with Crippen LogP contribution in [-0.4, -0.2) is 14.1 Å². The molecule has 0 atom stereocenters. The predicted molar refractivity (Wildman–Crippen MR) is 80.2 cm³/mol. The van der Waals surface area contributed by atoms with Crippen LogP contribution in [0.25, 0.3) is 0 Å². The number of halogens is 1. The third kappa shape index (κ3) is 2.96. The van der Waals surface area contributed by atoms with Gasteiger partial charge < -0.3 is 10.2 Å². The highest BCUT2D eigenvalue weighted by molar-refractivity contribution is 6.30. The van der Waals surface area contributed by atoms with Crippen molar-refractivity contribution in [3.8, 4) is 0 Å². The topological polar surface area (TPSA) is 15.3 Å². The van der Waals surface area contributed by atoms with Gasteiger partial charge in [-0.25, -0.2) is 0 Å². The number of anilines is 3. The number of rotatable bonds is 3. The maximum Gasteiger partial charge on any atom is 0.0428 e. The van der Waals surface area contributed by atoms with Crippen molar-refractivity contribution in [1.82, 2.24) is 0 Å². The van der Waals surface area contributed by atoms with Crippen LogP contribution in [-0.2, 0) is 0 Å². The molecule has 2 aromatic carbocycles. The summed E-state index contributed by atoms with van der Waals surface area (Å²) in [5.74, 6) is 0. The molecule has 94 valence electrons. The van der Waals surface area contributed by atoms with Crippen LogP contribution in [0, 0.1) is 6.92 Å². The van der Waals surface area contributed by atoms with Crippen LogP contribution >= 0.6 is 11.6 Å². The maximum atomic E-state index is 6.02. The van der Waals surface area contributed by atoms with Crippen molar-refractivity contribution in [2.45, 2.75) is 6.92 Å². The molecular weight excluding hydrogens is 244 g/mol. The van der Waals surface area contributed by atoms with Crippen molar-refractivity contribution in [3.05, 3.63) is 53.1 Å². The minimum atomic E-state index is 0.742. The summed E-state index contributed by atoms with van der Waals surface area (Å²) >= 11 is 6.02. The van der Waals surface area contributed by atoms with E-state index >= 15 is 0 Å². The highest BCUT2D eigenvalue weighted by Gasteiger charge is 2.02. The number of nitrogens with zero attached hydrogens (tertiary/aromatic N) is 1. The van der Waals surface area contributed by atoms with Crippen LogP contribution in [0.4, 0.5) is 17.1 Å². The smallest absolute Gasteiger partial charge is 0.0428 e. The minimum absolute atomic E-state index is 0.742. The first-order valence-electron chi connectivity index (χ1n) is 5.87. The second-order valence-corrected chi connectivity index (χ2v) is 4.97. The molecule has 0 fully saturated rings. The zero-order valence-electron chi connectivity index (χ0n) is 10.9. The SMILES string of the molecule is Cc1ccc(Cl)cc1Nc1cccc(N(C)C)c1. The molecule has 3 heteroatoms. The highest BCUT2D eigenvalue weighted by Crippen LogP contribution is 2.26. The molecule has 0 aliphatic rings. The van der Waals surface area contributed by atoms with Gasteiger partial charge in [-0.15, -0.1) is 0 Å². The van der Waals surface area contributed by atoms with Crippen molar-refractivity contribution < 1.29 is 0 Å². The number of aryl methyl sites for hydroxylation is 1. The molecule has 0 aromatic heterocycles. The summed E-state index contributed by atoms with van der Waals surface area (Å²) < 4.78 is 0. The fourth-order valence-electron chi connectivity index (χ4n) is 1.75. The molecule has 2 rings (SSSR count). The molecule has 0 aliphatic carbocycles. The Labute approximate surface area is 113 Å². The first-order chi connectivity index (χ1) is 8.56. The van der Waals surface area contributed by atoms with Gasteiger partial charge in [0.1, 0.15) is 0 Å². The van der Waals surface area contributed by atoms with E-state index in [4.69, 9.17) is 11.6 Å². The lowest BCUT2D eigenvalue weighted by molar-refractivity contribution is 1.13. The molecule has 0 spiro atoms. The molecule has 0 bridgehead atoms. The van der Waals surface area contributed by atoms with Gasteiger partial charge >= 0.3 is 0 Å². The maximum absolute atomic E-state index is 6.02. The molecule has 2 aromatic rings. The summed E-state index contributed by atoms with van der Waals surface area (Å²) in [5, 5.41) is 4.14. The predicted octanol–water partition coefficient (Wildman–Crippen LogP) is 4.46. The molecule has 0 saturated heterocycles. The van der Waals surface area contributed by atoms with E-state index in [2.05, 4.69) is 29.3 Å². The Morgan fingerprint density at radius 3 is 2.56 bits per heavy atom. The molecular formula is C15H17ClN2. The van der Waals surface area contributed by atoms with Crippen molar-refractivity contribution in [1.29, 1.82) is 0 Å². The first-order valence-corrected chi connectivity index (χ1v) is 6.24. The summed E-state index contributed by atoms with van der Waals surface area (Å²) in [6, 6.07) is 14.1. The Balaban J connectivity index is 2.28. The van der Waals surface area contributed by atoms with Crippen LogP contribution < -0.4 is 10.2 Å². The second-order valence-electron chi connectivity index (χ2n) is 4.53. The molecule has 2 nitrogen and oxygen atoms in total. The van der Waals surface area contributed by atoms with Gasteiger partial charge in [-0.2, -0.15) is 0 Å². The lowest BCUT2D eigenvalue weighted by Gasteiger charge is -2.15. The van der Waals surface area contributed by atoms with Crippen LogP contribution in [0.5, 0.6) is 0 Å². The number of nitrogens with one attached hydrogen (secondary N) is 1. The molecule has 0 heterocycles. The van der Waals surface area contributed by atoms with Crippen molar-refractivity contribution in [3.63, 3.8) is 0 Å². The second kappa shape index (κ2) is 5.32. The molecule has 0 unspecified atom stereocenters. The largest absolute Gasteiger partial charge is 0.378 e. The lowest BCUT2D eigenvalue weighted by Crippen LogP contribution is -2.08. The third-order valence-electron chi connectivity index (χ3n) is 2.84. The number of hydrogen-bond donors (Lipinski definition) is 1. The van der Waals surface area contributed by atoms with E-state index in [1.54, 1.807) is 0 Å². The Kier molecular flexibility index (Phi) is 3.78. The normalized spacial score (nSPS) is 10.2. The zero-order chi connectivity index (χ0) is 13.1. The fraction of sp³-hybridized carbons (Fsp3) is 0.200. The molecule has 18 heavy (non-hydrogen) atoms. The zero-order valence-corrected chi connectivity index (χ0v) is 11.6. The van der Waals surface area contributed by atoms with E-state index in [0.29, 0.717) is 0 Å². The van der Waals surface area contributed by atoms with Gasteiger partial charge in [0.15, 0.2) is 0 Å². The molecule has 0 saturated carbocycles. The van der Waals surface area contributed by atoms with Crippen molar-refractivity contribution in [2.75, 3.05) is 24.3 Å². The van der Waals surface area contributed by atoms with E-state index < -0.39 is 0 Å². The summed E-state index contributed by atoms with van der Waals surface area (Å²) in [7, 11) is 4.06. The fourth-order valence-corrected chi connectivity index (χ4v) is 1.92. The Hall–Kier alpha value is -1.67. The first kappa shape index (κ1) is 12.8. The summed E-state index contributed by atoms with van der Waals surface area (Å²) in [4.78, 5) is 2.08. The minimum Gasteiger partial charge on any atom is -0.378 e. The van der Waals surface area contributed by atoms with E-state index in [0.717, 1.165) is 16.4 Å². The van der Waals surface area contributed by atoms with Crippen molar-refractivity contribution >= 4 is 28.7 Å². The van der Waals surface area contributed by atoms with E-state index in [9.17, 15) is 0 Å². The Bertz CT molecular complexity index is 550. The van der Waals surface area contributed by atoms with Gasteiger partial charge in [0.25, 0.3) is 0 Å². The van der Waals surface area contributed by atoms with E-state index in [-0.39, 0.29) is 0 Å². The van der Waals surface area contributed by atoms with Crippen LogP contribution in [0.3, 0.4) is 0 Å². The average molecular weight is 261 g/mol. The quantitative estimate of drug-likeness (QED) is 0.877. The summed E-state index contributed by atoms with van der Waals surface area (Å²) in [6.45, 7) is 2.06.